The molecule has 1 aliphatic carbocycles. The van der Waals surface area contributed by atoms with E-state index < -0.39 is 0 Å². The minimum absolute atomic E-state index is 0.0355. The van der Waals surface area contributed by atoms with Gasteiger partial charge in [-0.1, -0.05) is 19.3 Å². The Bertz CT molecular complexity index is 402. The molecular weight excluding hydrogens is 240 g/mol. The fourth-order valence-corrected chi connectivity index (χ4v) is 3.29. The number of nitrogens with zero attached hydrogens (tertiary/aromatic N) is 2. The van der Waals surface area contributed by atoms with Crippen molar-refractivity contribution >= 4 is 5.91 Å². The monoisotopic (exact) mass is 262 g/mol. The Morgan fingerprint density at radius 2 is 1.84 bits per heavy atom. The van der Waals surface area contributed by atoms with Crippen LogP contribution in [0.3, 0.4) is 0 Å². The molecule has 0 atom stereocenters. The van der Waals surface area contributed by atoms with Crippen molar-refractivity contribution in [2.75, 3.05) is 26.2 Å². The summed E-state index contributed by atoms with van der Waals surface area (Å²) in [5.41, 5.74) is 0. The van der Waals surface area contributed by atoms with Gasteiger partial charge in [0.1, 0.15) is 0 Å². The van der Waals surface area contributed by atoms with Crippen molar-refractivity contribution in [2.24, 2.45) is 0 Å². The van der Waals surface area contributed by atoms with Gasteiger partial charge in [0, 0.05) is 32.2 Å². The van der Waals surface area contributed by atoms with Crippen LogP contribution in [-0.2, 0) is 0 Å². The normalized spacial score (nSPS) is 22.6. The van der Waals surface area contributed by atoms with Crippen molar-refractivity contribution in [1.82, 2.24) is 9.80 Å². The van der Waals surface area contributed by atoms with Gasteiger partial charge in [-0.3, -0.25) is 9.69 Å². The van der Waals surface area contributed by atoms with Gasteiger partial charge in [-0.25, -0.2) is 0 Å². The van der Waals surface area contributed by atoms with Crippen molar-refractivity contribution in [1.29, 1.82) is 0 Å². The first-order valence-electron chi connectivity index (χ1n) is 7.41. The lowest BCUT2D eigenvalue weighted by Gasteiger charge is -2.40. The summed E-state index contributed by atoms with van der Waals surface area (Å²) in [7, 11) is 0. The van der Waals surface area contributed by atoms with Crippen molar-refractivity contribution in [3.63, 3.8) is 0 Å². The first-order valence-corrected chi connectivity index (χ1v) is 7.41. The van der Waals surface area contributed by atoms with E-state index in [2.05, 4.69) is 4.90 Å². The lowest BCUT2D eigenvalue weighted by molar-refractivity contribution is 0.0497. The number of carbonyl (C=O) groups excluding carboxylic acids is 1. The molecule has 1 saturated heterocycles. The summed E-state index contributed by atoms with van der Waals surface area (Å²) < 4.78 is 5.19. The summed E-state index contributed by atoms with van der Waals surface area (Å²) in [5, 5.41) is 0. The van der Waals surface area contributed by atoms with Crippen molar-refractivity contribution in [3.05, 3.63) is 24.2 Å². The summed E-state index contributed by atoms with van der Waals surface area (Å²) in [6.07, 6.45) is 8.38. The SMILES string of the molecule is O=C(c1ccco1)N1CCN(C2CCCCC2)CC1. The molecule has 1 amide bonds. The predicted octanol–water partition coefficient (Wildman–Crippen LogP) is 2.37. The Morgan fingerprint density at radius 1 is 1.11 bits per heavy atom. The third-order valence-electron chi connectivity index (χ3n) is 4.42. The summed E-state index contributed by atoms with van der Waals surface area (Å²) >= 11 is 0. The molecule has 0 radical (unpaired) electrons. The van der Waals surface area contributed by atoms with Crippen LogP contribution >= 0.6 is 0 Å². The molecule has 2 fully saturated rings. The molecule has 0 bridgehead atoms. The largest absolute Gasteiger partial charge is 0.459 e. The Kier molecular flexibility index (Phi) is 3.87. The fourth-order valence-electron chi connectivity index (χ4n) is 3.29. The summed E-state index contributed by atoms with van der Waals surface area (Å²) in [5.74, 6) is 0.499. The highest BCUT2D eigenvalue weighted by Gasteiger charge is 2.28. The smallest absolute Gasteiger partial charge is 0.289 e. The molecule has 19 heavy (non-hydrogen) atoms. The number of hydrogen-bond acceptors (Lipinski definition) is 3. The minimum Gasteiger partial charge on any atom is -0.459 e. The maximum atomic E-state index is 12.2. The molecule has 1 aromatic rings. The number of rotatable bonds is 2. The van der Waals surface area contributed by atoms with Crippen LogP contribution in [0.2, 0.25) is 0 Å². The van der Waals surface area contributed by atoms with Gasteiger partial charge in [0.2, 0.25) is 0 Å². The Morgan fingerprint density at radius 3 is 2.47 bits per heavy atom. The maximum absolute atomic E-state index is 12.2. The minimum atomic E-state index is 0.0355. The quantitative estimate of drug-likeness (QED) is 0.821. The maximum Gasteiger partial charge on any atom is 0.289 e. The zero-order valence-electron chi connectivity index (χ0n) is 11.4. The summed E-state index contributed by atoms with van der Waals surface area (Å²) in [6.45, 7) is 3.68. The van der Waals surface area contributed by atoms with E-state index in [1.807, 2.05) is 4.90 Å². The topological polar surface area (TPSA) is 36.7 Å². The first kappa shape index (κ1) is 12.7. The van der Waals surface area contributed by atoms with Crippen LogP contribution in [0, 0.1) is 0 Å². The molecule has 4 nitrogen and oxygen atoms in total. The lowest BCUT2D eigenvalue weighted by Crippen LogP contribution is -2.52. The zero-order valence-corrected chi connectivity index (χ0v) is 11.4. The highest BCUT2D eigenvalue weighted by Crippen LogP contribution is 2.23. The van der Waals surface area contributed by atoms with Crippen molar-refractivity contribution in [3.8, 4) is 0 Å². The number of carbonyl (C=O) groups is 1. The first-order chi connectivity index (χ1) is 9.34. The summed E-state index contributed by atoms with van der Waals surface area (Å²) in [6, 6.07) is 4.27. The molecule has 0 unspecified atom stereocenters. The third kappa shape index (κ3) is 2.84. The molecule has 1 aliphatic heterocycles. The van der Waals surface area contributed by atoms with E-state index in [1.54, 1.807) is 18.4 Å². The molecular formula is C15H22N2O2. The lowest BCUT2D eigenvalue weighted by atomic mass is 9.94. The molecule has 2 heterocycles. The molecule has 3 rings (SSSR count). The Hall–Kier alpha value is -1.29. The second-order valence-corrected chi connectivity index (χ2v) is 5.60. The van der Waals surface area contributed by atoms with Crippen LogP contribution in [0.4, 0.5) is 0 Å². The number of hydrogen-bond donors (Lipinski definition) is 0. The van der Waals surface area contributed by atoms with Crippen LogP contribution in [0.1, 0.15) is 42.7 Å². The van der Waals surface area contributed by atoms with Gasteiger partial charge in [-0.05, 0) is 25.0 Å². The predicted molar refractivity (Wildman–Crippen MR) is 73.1 cm³/mol. The van der Waals surface area contributed by atoms with Gasteiger partial charge in [-0.15, -0.1) is 0 Å². The molecule has 0 spiro atoms. The average Bonchev–Trinajstić information content (AvgIpc) is 3.02. The van der Waals surface area contributed by atoms with Gasteiger partial charge in [-0.2, -0.15) is 0 Å². The average molecular weight is 262 g/mol. The van der Waals surface area contributed by atoms with Crippen LogP contribution < -0.4 is 0 Å². The molecule has 2 aliphatic rings. The third-order valence-corrected chi connectivity index (χ3v) is 4.42. The second-order valence-electron chi connectivity index (χ2n) is 5.60. The van der Waals surface area contributed by atoms with E-state index in [1.165, 1.54) is 32.1 Å². The molecule has 0 N–H and O–H groups in total. The van der Waals surface area contributed by atoms with Gasteiger partial charge < -0.3 is 9.32 Å². The molecule has 1 saturated carbocycles. The van der Waals surface area contributed by atoms with Gasteiger partial charge in [0.05, 0.1) is 6.26 Å². The van der Waals surface area contributed by atoms with Gasteiger partial charge in [0.15, 0.2) is 5.76 Å². The van der Waals surface area contributed by atoms with E-state index in [9.17, 15) is 4.79 Å². The van der Waals surface area contributed by atoms with E-state index in [0.717, 1.165) is 32.2 Å². The number of amides is 1. The van der Waals surface area contributed by atoms with Crippen LogP contribution in [0.5, 0.6) is 0 Å². The highest BCUT2D eigenvalue weighted by molar-refractivity contribution is 5.91. The number of furan rings is 1. The molecule has 0 aromatic carbocycles. The summed E-state index contributed by atoms with van der Waals surface area (Å²) in [4.78, 5) is 16.6. The fraction of sp³-hybridized carbons (Fsp3) is 0.667. The standard InChI is InChI=1S/C15H22N2O2/c18-15(14-7-4-12-19-14)17-10-8-16(9-11-17)13-5-2-1-3-6-13/h4,7,12-13H,1-3,5-6,8-11H2. The molecule has 1 aromatic heterocycles. The highest BCUT2D eigenvalue weighted by atomic mass is 16.3. The van der Waals surface area contributed by atoms with E-state index in [0.29, 0.717) is 5.76 Å². The molecule has 4 heteroatoms. The van der Waals surface area contributed by atoms with Crippen LogP contribution in [-0.4, -0.2) is 47.9 Å². The van der Waals surface area contributed by atoms with Gasteiger partial charge in [0.25, 0.3) is 5.91 Å². The molecule has 104 valence electrons. The van der Waals surface area contributed by atoms with E-state index in [-0.39, 0.29) is 5.91 Å². The van der Waals surface area contributed by atoms with Gasteiger partial charge >= 0.3 is 0 Å². The van der Waals surface area contributed by atoms with Crippen LogP contribution in [0.15, 0.2) is 22.8 Å². The van der Waals surface area contributed by atoms with Crippen LogP contribution in [0.25, 0.3) is 0 Å². The number of piperazine rings is 1. The van der Waals surface area contributed by atoms with Crippen molar-refractivity contribution in [2.45, 2.75) is 38.1 Å². The van der Waals surface area contributed by atoms with E-state index in [4.69, 9.17) is 4.42 Å². The van der Waals surface area contributed by atoms with E-state index >= 15 is 0 Å². The second kappa shape index (κ2) is 5.78. The zero-order chi connectivity index (χ0) is 13.1. The Balaban J connectivity index is 1.53. The Labute approximate surface area is 114 Å². The van der Waals surface area contributed by atoms with Crippen molar-refractivity contribution < 1.29 is 9.21 Å².